The van der Waals surface area contributed by atoms with E-state index in [1.54, 1.807) is 10.7 Å². The molecule has 6 nitrogen and oxygen atoms in total. The quantitative estimate of drug-likeness (QED) is 0.490. The highest BCUT2D eigenvalue weighted by Crippen LogP contribution is 2.28. The first-order chi connectivity index (χ1) is 12.8. The van der Waals surface area contributed by atoms with E-state index >= 15 is 0 Å². The number of nitrogens with one attached hydrogen (secondary N) is 1. The molecule has 0 saturated heterocycles. The predicted molar refractivity (Wildman–Crippen MR) is 103 cm³/mol. The van der Waals surface area contributed by atoms with Crippen LogP contribution in [0.15, 0.2) is 60.8 Å². The fourth-order valence-electron chi connectivity index (χ4n) is 2.70. The third-order valence-corrected chi connectivity index (χ3v) is 4.82. The van der Waals surface area contributed by atoms with Crippen LogP contribution in [0.4, 0.5) is 5.13 Å². The number of aliphatic hydroxyl groups is 1. The maximum absolute atomic E-state index is 9.56. The van der Waals surface area contributed by atoms with Gasteiger partial charge in [0.05, 0.1) is 25.0 Å². The summed E-state index contributed by atoms with van der Waals surface area (Å²) in [6.07, 6.45) is 1.79. The van der Waals surface area contributed by atoms with E-state index in [1.807, 2.05) is 54.6 Å². The highest BCUT2D eigenvalue weighted by Gasteiger charge is 2.13. The molecule has 0 aliphatic carbocycles. The summed E-state index contributed by atoms with van der Waals surface area (Å²) in [5.74, 6) is 0.853. The highest BCUT2D eigenvalue weighted by molar-refractivity contribution is 7.20. The van der Waals surface area contributed by atoms with E-state index in [1.165, 1.54) is 11.3 Å². The fourth-order valence-corrected chi connectivity index (χ4v) is 3.50. The third-order valence-electron chi connectivity index (χ3n) is 3.94. The third kappa shape index (κ3) is 3.40. The SMILES string of the molecule is OCc1ccccc1-c1cnc2sc(NCCOc3ccccc3)nn12. The molecule has 2 N–H and O–H groups in total. The average Bonchev–Trinajstić information content (AvgIpc) is 3.26. The zero-order valence-corrected chi connectivity index (χ0v) is 14.8. The summed E-state index contributed by atoms with van der Waals surface area (Å²) in [5.41, 5.74) is 2.66. The fraction of sp³-hybridized carbons (Fsp3) is 0.158. The van der Waals surface area contributed by atoms with Crippen molar-refractivity contribution in [1.29, 1.82) is 0 Å². The number of ether oxygens (including phenoxy) is 1. The smallest absolute Gasteiger partial charge is 0.214 e. The summed E-state index contributed by atoms with van der Waals surface area (Å²) in [4.78, 5) is 5.24. The molecular weight excluding hydrogens is 348 g/mol. The van der Waals surface area contributed by atoms with Crippen LogP contribution < -0.4 is 10.1 Å². The molecule has 4 rings (SSSR count). The number of hydrogen-bond donors (Lipinski definition) is 2. The Bertz CT molecular complexity index is 997. The molecule has 0 saturated carbocycles. The number of aliphatic hydroxyl groups excluding tert-OH is 1. The van der Waals surface area contributed by atoms with Crippen LogP contribution in [-0.2, 0) is 6.61 Å². The maximum Gasteiger partial charge on any atom is 0.214 e. The Kier molecular flexibility index (Phi) is 4.81. The number of aromatic nitrogens is 3. The van der Waals surface area contributed by atoms with Crippen LogP contribution in [0.5, 0.6) is 5.75 Å². The summed E-state index contributed by atoms with van der Waals surface area (Å²) < 4.78 is 7.48. The second-order valence-electron chi connectivity index (χ2n) is 5.65. The van der Waals surface area contributed by atoms with Crippen molar-refractivity contribution in [1.82, 2.24) is 14.6 Å². The molecule has 2 aromatic heterocycles. The van der Waals surface area contributed by atoms with Crippen LogP contribution in [0.25, 0.3) is 16.2 Å². The summed E-state index contributed by atoms with van der Waals surface area (Å²) >= 11 is 1.48. The topological polar surface area (TPSA) is 71.7 Å². The van der Waals surface area contributed by atoms with Crippen LogP contribution >= 0.6 is 11.3 Å². The van der Waals surface area contributed by atoms with Crippen molar-refractivity contribution in [2.24, 2.45) is 0 Å². The van der Waals surface area contributed by atoms with E-state index in [0.29, 0.717) is 13.2 Å². The molecule has 7 heteroatoms. The molecular formula is C19H18N4O2S. The molecule has 2 heterocycles. The van der Waals surface area contributed by atoms with Crippen molar-refractivity contribution >= 4 is 21.4 Å². The van der Waals surface area contributed by atoms with Crippen LogP contribution in [0.3, 0.4) is 0 Å². The van der Waals surface area contributed by atoms with Crippen molar-refractivity contribution in [2.75, 3.05) is 18.5 Å². The average molecular weight is 366 g/mol. The molecule has 0 radical (unpaired) electrons. The van der Waals surface area contributed by atoms with Crippen LogP contribution in [0.2, 0.25) is 0 Å². The first kappa shape index (κ1) is 16.6. The number of fused-ring (bicyclic) bond motifs is 1. The minimum absolute atomic E-state index is 0.0184. The van der Waals surface area contributed by atoms with Crippen molar-refractivity contribution in [3.8, 4) is 17.0 Å². The standard InChI is InChI=1S/C19H18N4O2S/c24-13-14-6-4-5-9-16(14)17-12-21-19-23(17)22-18(26-19)20-10-11-25-15-7-2-1-3-8-15/h1-9,12,24H,10-11,13H2,(H,20,22). The Balaban J connectivity index is 1.46. The van der Waals surface area contributed by atoms with Crippen LogP contribution in [0.1, 0.15) is 5.56 Å². The van der Waals surface area contributed by atoms with Crippen LogP contribution in [-0.4, -0.2) is 32.9 Å². The van der Waals surface area contributed by atoms with Crippen molar-refractivity contribution in [3.63, 3.8) is 0 Å². The predicted octanol–water partition coefficient (Wildman–Crippen LogP) is 3.44. The molecule has 0 aliphatic heterocycles. The van der Waals surface area contributed by atoms with Gasteiger partial charge in [-0.05, 0) is 17.7 Å². The second kappa shape index (κ2) is 7.55. The molecule has 2 aromatic carbocycles. The van der Waals surface area contributed by atoms with Gasteiger partial charge in [-0.15, -0.1) is 5.10 Å². The first-order valence-corrected chi connectivity index (χ1v) is 9.12. The summed E-state index contributed by atoms with van der Waals surface area (Å²) in [5, 5.41) is 18.2. The zero-order chi connectivity index (χ0) is 17.8. The van der Waals surface area contributed by atoms with Gasteiger partial charge >= 0.3 is 0 Å². The van der Waals surface area contributed by atoms with Gasteiger partial charge in [-0.3, -0.25) is 0 Å². The first-order valence-electron chi connectivity index (χ1n) is 8.30. The molecule has 0 spiro atoms. The van der Waals surface area contributed by atoms with Crippen molar-refractivity contribution in [3.05, 3.63) is 66.4 Å². The van der Waals surface area contributed by atoms with Gasteiger partial charge in [-0.25, -0.2) is 9.50 Å². The Morgan fingerprint density at radius 2 is 1.88 bits per heavy atom. The van der Waals surface area contributed by atoms with Crippen LogP contribution in [0, 0.1) is 0 Å². The molecule has 0 amide bonds. The number of para-hydroxylation sites is 1. The second-order valence-corrected chi connectivity index (χ2v) is 6.60. The van der Waals surface area contributed by atoms with E-state index < -0.39 is 0 Å². The minimum atomic E-state index is -0.0184. The van der Waals surface area contributed by atoms with Gasteiger partial charge in [0.1, 0.15) is 12.4 Å². The molecule has 0 fully saturated rings. The number of benzene rings is 2. The summed E-state index contributed by atoms with van der Waals surface area (Å²) in [6, 6.07) is 17.5. The zero-order valence-electron chi connectivity index (χ0n) is 14.0. The van der Waals surface area contributed by atoms with E-state index in [4.69, 9.17) is 4.74 Å². The van der Waals surface area contributed by atoms with Gasteiger partial charge < -0.3 is 15.2 Å². The van der Waals surface area contributed by atoms with Gasteiger partial charge in [-0.2, -0.15) is 0 Å². The summed E-state index contributed by atoms with van der Waals surface area (Å²) in [7, 11) is 0. The Labute approximate surface area is 154 Å². The van der Waals surface area contributed by atoms with Gasteiger partial charge in [0.25, 0.3) is 0 Å². The maximum atomic E-state index is 9.56. The van der Waals surface area contributed by atoms with Crippen molar-refractivity contribution in [2.45, 2.75) is 6.61 Å². The largest absolute Gasteiger partial charge is 0.492 e. The Morgan fingerprint density at radius 1 is 1.08 bits per heavy atom. The Hall–Kier alpha value is -2.90. The lowest BCUT2D eigenvalue weighted by Gasteiger charge is -2.06. The molecule has 4 aromatic rings. The highest BCUT2D eigenvalue weighted by atomic mass is 32.1. The molecule has 0 unspecified atom stereocenters. The molecule has 132 valence electrons. The lowest BCUT2D eigenvalue weighted by Crippen LogP contribution is -2.11. The number of hydrogen-bond acceptors (Lipinski definition) is 6. The number of rotatable bonds is 7. The van der Waals surface area contributed by atoms with Gasteiger partial charge in [0, 0.05) is 5.56 Å². The van der Waals surface area contributed by atoms with E-state index in [2.05, 4.69) is 15.4 Å². The van der Waals surface area contributed by atoms with Gasteiger partial charge in [-0.1, -0.05) is 53.8 Å². The monoisotopic (exact) mass is 366 g/mol. The number of anilines is 1. The molecule has 0 bridgehead atoms. The lowest BCUT2D eigenvalue weighted by atomic mass is 10.1. The normalized spacial score (nSPS) is 11.0. The van der Waals surface area contributed by atoms with Gasteiger partial charge in [0.15, 0.2) is 0 Å². The lowest BCUT2D eigenvalue weighted by molar-refractivity contribution is 0.282. The Morgan fingerprint density at radius 3 is 2.73 bits per heavy atom. The van der Waals surface area contributed by atoms with E-state index in [0.717, 1.165) is 32.7 Å². The van der Waals surface area contributed by atoms with E-state index in [-0.39, 0.29) is 6.61 Å². The molecule has 0 aliphatic rings. The summed E-state index contributed by atoms with van der Waals surface area (Å²) in [6.45, 7) is 1.18. The molecule has 0 atom stereocenters. The van der Waals surface area contributed by atoms with Crippen molar-refractivity contribution < 1.29 is 9.84 Å². The number of nitrogens with zero attached hydrogens (tertiary/aromatic N) is 3. The minimum Gasteiger partial charge on any atom is -0.492 e. The van der Waals surface area contributed by atoms with Gasteiger partial charge in [0.2, 0.25) is 10.1 Å². The number of imidazole rings is 1. The van der Waals surface area contributed by atoms with E-state index in [9.17, 15) is 5.11 Å². The molecule has 26 heavy (non-hydrogen) atoms.